The molecule has 1 aliphatic rings. The zero-order valence-electron chi connectivity index (χ0n) is 8.82. The number of hydrogen-bond acceptors (Lipinski definition) is 2. The minimum atomic E-state index is -0.480. The molecule has 0 radical (unpaired) electrons. The van der Waals surface area contributed by atoms with Gasteiger partial charge in [-0.05, 0) is 18.9 Å². The lowest BCUT2D eigenvalue weighted by Gasteiger charge is -2.39. The van der Waals surface area contributed by atoms with Gasteiger partial charge >= 0.3 is 0 Å². The van der Waals surface area contributed by atoms with Crippen LogP contribution in [0, 0.1) is 0 Å². The Bertz CT molecular complexity index is 383. The lowest BCUT2D eigenvalue weighted by Crippen LogP contribution is -2.46. The fraction of sp³-hybridized carbons (Fsp3) is 0.417. The van der Waals surface area contributed by atoms with Crippen LogP contribution in [-0.2, 0) is 10.2 Å². The second-order valence-corrected chi connectivity index (χ2v) is 4.00. The summed E-state index contributed by atoms with van der Waals surface area (Å²) in [5, 5.41) is 0. The predicted octanol–water partition coefficient (Wildman–Crippen LogP) is 1.60. The van der Waals surface area contributed by atoms with Crippen molar-refractivity contribution in [1.82, 2.24) is 0 Å². The molecular weight excluding hydrogens is 190 g/mol. The van der Waals surface area contributed by atoms with Crippen LogP contribution in [0.15, 0.2) is 24.3 Å². The van der Waals surface area contributed by atoms with Gasteiger partial charge in [-0.1, -0.05) is 24.6 Å². The molecule has 0 unspecified atom stereocenters. The number of carbonyl (C=O) groups is 1. The van der Waals surface area contributed by atoms with Crippen LogP contribution in [0.25, 0.3) is 0 Å². The second kappa shape index (κ2) is 3.57. The van der Waals surface area contributed by atoms with E-state index in [1.807, 2.05) is 24.3 Å². The minimum Gasteiger partial charge on any atom is -0.496 e. The SMILES string of the molecule is COc1ccccc1C1(C(N)=O)CCC1. The lowest BCUT2D eigenvalue weighted by atomic mass is 9.63. The number of benzene rings is 1. The van der Waals surface area contributed by atoms with Crippen LogP contribution >= 0.6 is 0 Å². The number of amides is 1. The Morgan fingerprint density at radius 3 is 2.53 bits per heavy atom. The van der Waals surface area contributed by atoms with Crippen LogP contribution < -0.4 is 10.5 Å². The Kier molecular flexibility index (Phi) is 2.39. The van der Waals surface area contributed by atoms with Gasteiger partial charge in [0.25, 0.3) is 0 Å². The summed E-state index contributed by atoms with van der Waals surface area (Å²) in [5.74, 6) is 0.522. The van der Waals surface area contributed by atoms with Crippen molar-refractivity contribution in [1.29, 1.82) is 0 Å². The quantitative estimate of drug-likeness (QED) is 0.814. The first-order valence-electron chi connectivity index (χ1n) is 5.14. The molecule has 1 aromatic carbocycles. The van der Waals surface area contributed by atoms with E-state index in [4.69, 9.17) is 10.5 Å². The van der Waals surface area contributed by atoms with E-state index >= 15 is 0 Å². The summed E-state index contributed by atoms with van der Waals surface area (Å²) < 4.78 is 5.27. The van der Waals surface area contributed by atoms with Crippen LogP contribution in [0.2, 0.25) is 0 Å². The number of ether oxygens (including phenoxy) is 1. The summed E-state index contributed by atoms with van der Waals surface area (Å²) in [6.45, 7) is 0. The Hall–Kier alpha value is -1.51. The molecule has 1 saturated carbocycles. The first-order valence-corrected chi connectivity index (χ1v) is 5.14. The van der Waals surface area contributed by atoms with Crippen molar-refractivity contribution in [3.05, 3.63) is 29.8 Å². The van der Waals surface area contributed by atoms with Gasteiger partial charge in [0.2, 0.25) is 5.91 Å². The molecule has 0 aliphatic heterocycles. The maximum Gasteiger partial charge on any atom is 0.228 e. The average Bonchev–Trinajstić information content (AvgIpc) is 2.16. The summed E-state index contributed by atoms with van der Waals surface area (Å²) in [5.41, 5.74) is 5.95. The number of carbonyl (C=O) groups excluding carboxylic acids is 1. The molecule has 2 N–H and O–H groups in total. The van der Waals surface area contributed by atoms with Gasteiger partial charge in [0, 0.05) is 5.56 Å². The molecule has 1 amide bonds. The van der Waals surface area contributed by atoms with Crippen molar-refractivity contribution >= 4 is 5.91 Å². The van der Waals surface area contributed by atoms with Crippen LogP contribution in [0.4, 0.5) is 0 Å². The first-order chi connectivity index (χ1) is 7.20. The summed E-state index contributed by atoms with van der Waals surface area (Å²) in [7, 11) is 1.62. The van der Waals surface area contributed by atoms with Gasteiger partial charge in [-0.2, -0.15) is 0 Å². The van der Waals surface area contributed by atoms with E-state index in [1.165, 1.54) is 0 Å². The number of hydrogen-bond donors (Lipinski definition) is 1. The van der Waals surface area contributed by atoms with Gasteiger partial charge in [0.05, 0.1) is 12.5 Å². The smallest absolute Gasteiger partial charge is 0.228 e. The largest absolute Gasteiger partial charge is 0.496 e. The molecule has 0 spiro atoms. The van der Waals surface area contributed by atoms with Gasteiger partial charge in [-0.25, -0.2) is 0 Å². The normalized spacial score (nSPS) is 17.9. The first kappa shape index (κ1) is 10.0. The second-order valence-electron chi connectivity index (χ2n) is 4.00. The summed E-state index contributed by atoms with van der Waals surface area (Å²) in [6.07, 6.45) is 2.73. The average molecular weight is 205 g/mol. The van der Waals surface area contributed by atoms with E-state index < -0.39 is 5.41 Å². The molecule has 15 heavy (non-hydrogen) atoms. The lowest BCUT2D eigenvalue weighted by molar-refractivity contribution is -0.126. The zero-order valence-corrected chi connectivity index (χ0v) is 8.82. The Morgan fingerprint density at radius 2 is 2.07 bits per heavy atom. The van der Waals surface area contributed by atoms with E-state index in [1.54, 1.807) is 7.11 Å². The fourth-order valence-corrected chi connectivity index (χ4v) is 2.22. The number of para-hydroxylation sites is 1. The Labute approximate surface area is 89.2 Å². The molecule has 1 aromatic rings. The molecule has 3 nitrogen and oxygen atoms in total. The molecule has 1 fully saturated rings. The Morgan fingerprint density at radius 1 is 1.40 bits per heavy atom. The maximum atomic E-state index is 11.5. The molecule has 2 rings (SSSR count). The number of rotatable bonds is 3. The standard InChI is InChI=1S/C12H15NO2/c1-15-10-6-3-2-5-9(10)12(11(13)14)7-4-8-12/h2-3,5-6H,4,7-8H2,1H3,(H2,13,14). The highest BCUT2D eigenvalue weighted by molar-refractivity contribution is 5.88. The van der Waals surface area contributed by atoms with Crippen LogP contribution in [-0.4, -0.2) is 13.0 Å². The molecule has 1 aliphatic carbocycles. The van der Waals surface area contributed by atoms with Crippen molar-refractivity contribution in [2.45, 2.75) is 24.7 Å². The van der Waals surface area contributed by atoms with Gasteiger partial charge < -0.3 is 10.5 Å². The van der Waals surface area contributed by atoms with E-state index in [2.05, 4.69) is 0 Å². The highest BCUT2D eigenvalue weighted by Crippen LogP contribution is 2.46. The topological polar surface area (TPSA) is 52.3 Å². The van der Waals surface area contributed by atoms with Gasteiger partial charge in [-0.15, -0.1) is 0 Å². The van der Waals surface area contributed by atoms with E-state index in [0.29, 0.717) is 0 Å². The maximum absolute atomic E-state index is 11.5. The van der Waals surface area contributed by atoms with Crippen LogP contribution in [0.5, 0.6) is 5.75 Å². The van der Waals surface area contributed by atoms with Crippen molar-refractivity contribution in [2.24, 2.45) is 5.73 Å². The van der Waals surface area contributed by atoms with Crippen molar-refractivity contribution in [3.63, 3.8) is 0 Å². The molecule has 0 atom stereocenters. The molecule has 0 saturated heterocycles. The third-order valence-electron chi connectivity index (χ3n) is 3.30. The molecule has 3 heteroatoms. The molecular formula is C12H15NO2. The molecule has 80 valence electrons. The molecule has 0 heterocycles. The van der Waals surface area contributed by atoms with Crippen LogP contribution in [0.3, 0.4) is 0 Å². The van der Waals surface area contributed by atoms with Crippen LogP contribution in [0.1, 0.15) is 24.8 Å². The van der Waals surface area contributed by atoms with Crippen molar-refractivity contribution < 1.29 is 9.53 Å². The zero-order chi connectivity index (χ0) is 10.9. The third kappa shape index (κ3) is 1.39. The van der Waals surface area contributed by atoms with E-state index in [9.17, 15) is 4.79 Å². The predicted molar refractivity (Wildman–Crippen MR) is 57.7 cm³/mol. The van der Waals surface area contributed by atoms with Crippen molar-refractivity contribution in [2.75, 3.05) is 7.11 Å². The summed E-state index contributed by atoms with van der Waals surface area (Å²) in [6, 6.07) is 7.62. The highest BCUT2D eigenvalue weighted by atomic mass is 16.5. The number of nitrogens with two attached hydrogens (primary N) is 1. The van der Waals surface area contributed by atoms with Gasteiger partial charge in [-0.3, -0.25) is 4.79 Å². The van der Waals surface area contributed by atoms with Crippen molar-refractivity contribution in [3.8, 4) is 5.75 Å². The third-order valence-corrected chi connectivity index (χ3v) is 3.30. The number of methoxy groups -OCH3 is 1. The van der Waals surface area contributed by atoms with E-state index in [-0.39, 0.29) is 5.91 Å². The monoisotopic (exact) mass is 205 g/mol. The fourth-order valence-electron chi connectivity index (χ4n) is 2.22. The van der Waals surface area contributed by atoms with Gasteiger partial charge in [0.15, 0.2) is 0 Å². The van der Waals surface area contributed by atoms with Gasteiger partial charge in [0.1, 0.15) is 5.75 Å². The molecule has 0 aromatic heterocycles. The van der Waals surface area contributed by atoms with E-state index in [0.717, 1.165) is 30.6 Å². The Balaban J connectivity index is 2.47. The molecule has 0 bridgehead atoms. The number of primary amides is 1. The summed E-state index contributed by atoms with van der Waals surface area (Å²) in [4.78, 5) is 11.5. The highest BCUT2D eigenvalue weighted by Gasteiger charge is 2.45. The summed E-state index contributed by atoms with van der Waals surface area (Å²) >= 11 is 0. The minimum absolute atomic E-state index is 0.238.